The van der Waals surface area contributed by atoms with Gasteiger partial charge in [-0.1, -0.05) is 17.7 Å². The zero-order valence-electron chi connectivity index (χ0n) is 10.8. The molecule has 2 amide bonds. The van der Waals surface area contributed by atoms with Crippen LogP contribution < -0.4 is 10.6 Å². The highest BCUT2D eigenvalue weighted by atomic mass is 35.5. The van der Waals surface area contributed by atoms with Crippen LogP contribution in [0.4, 0.5) is 16.2 Å². The Hall–Kier alpha value is -2.61. The first kappa shape index (κ1) is 14.8. The number of nitrogens with one attached hydrogen (secondary N) is 2. The number of aromatic nitrogens is 2. The fourth-order valence-electron chi connectivity index (χ4n) is 1.59. The molecule has 21 heavy (non-hydrogen) atoms. The highest BCUT2D eigenvalue weighted by molar-refractivity contribution is 6.30. The largest absolute Gasteiger partial charge is 0.336 e. The normalized spacial score (nSPS) is 10.1. The Morgan fingerprint density at radius 2 is 2.29 bits per heavy atom. The van der Waals surface area contributed by atoms with Crippen LogP contribution in [0, 0.1) is 10.1 Å². The summed E-state index contributed by atoms with van der Waals surface area (Å²) in [6.45, 7) is 0.613. The average Bonchev–Trinajstić information content (AvgIpc) is 2.87. The maximum absolute atomic E-state index is 11.6. The second-order valence-corrected chi connectivity index (χ2v) is 4.55. The fraction of sp³-hybridized carbons (Fsp3) is 0.167. The van der Waals surface area contributed by atoms with Crippen molar-refractivity contribution in [2.45, 2.75) is 6.54 Å². The number of carbonyl (C=O) groups is 1. The lowest BCUT2D eigenvalue weighted by atomic mass is 10.3. The molecule has 0 aliphatic rings. The van der Waals surface area contributed by atoms with Crippen molar-refractivity contribution in [2.24, 2.45) is 0 Å². The molecular formula is C12H12ClN5O3. The third-order valence-electron chi connectivity index (χ3n) is 2.54. The molecule has 2 rings (SSSR count). The van der Waals surface area contributed by atoms with E-state index < -0.39 is 4.92 Å². The van der Waals surface area contributed by atoms with E-state index in [1.54, 1.807) is 24.3 Å². The summed E-state index contributed by atoms with van der Waals surface area (Å²) in [6.07, 6.45) is 2.46. The zero-order valence-corrected chi connectivity index (χ0v) is 11.6. The Morgan fingerprint density at radius 3 is 2.95 bits per heavy atom. The van der Waals surface area contributed by atoms with Crippen LogP contribution >= 0.6 is 11.6 Å². The van der Waals surface area contributed by atoms with Crippen LogP contribution in [-0.2, 0) is 6.54 Å². The minimum absolute atomic E-state index is 0.0848. The lowest BCUT2D eigenvalue weighted by Gasteiger charge is -2.07. The van der Waals surface area contributed by atoms with Gasteiger partial charge in [0.2, 0.25) is 0 Å². The van der Waals surface area contributed by atoms with Gasteiger partial charge in [-0.2, -0.15) is 5.10 Å². The van der Waals surface area contributed by atoms with Crippen molar-refractivity contribution in [1.82, 2.24) is 15.1 Å². The number of nitrogens with zero attached hydrogens (tertiary/aromatic N) is 3. The Balaban J connectivity index is 1.77. The quantitative estimate of drug-likeness (QED) is 0.653. The Morgan fingerprint density at radius 1 is 1.48 bits per heavy atom. The number of halogens is 1. The minimum Gasteiger partial charge on any atom is -0.336 e. The van der Waals surface area contributed by atoms with E-state index in [4.69, 9.17) is 11.6 Å². The number of hydrogen-bond donors (Lipinski definition) is 2. The van der Waals surface area contributed by atoms with Crippen LogP contribution in [-0.4, -0.2) is 27.3 Å². The number of amides is 2. The van der Waals surface area contributed by atoms with Gasteiger partial charge in [-0.05, 0) is 18.2 Å². The summed E-state index contributed by atoms with van der Waals surface area (Å²) in [6, 6.07) is 6.37. The number of hydrogen-bond acceptors (Lipinski definition) is 4. The first-order valence-electron chi connectivity index (χ1n) is 6.02. The second kappa shape index (κ2) is 6.71. The maximum Gasteiger partial charge on any atom is 0.319 e. The summed E-state index contributed by atoms with van der Waals surface area (Å²) in [4.78, 5) is 21.6. The van der Waals surface area contributed by atoms with Crippen molar-refractivity contribution in [3.05, 3.63) is 51.8 Å². The molecule has 1 aromatic heterocycles. The number of rotatable bonds is 5. The van der Waals surface area contributed by atoms with Gasteiger partial charge in [0.05, 0.1) is 11.5 Å². The van der Waals surface area contributed by atoms with Gasteiger partial charge in [0, 0.05) is 17.3 Å². The molecule has 1 heterocycles. The van der Waals surface area contributed by atoms with Crippen LogP contribution in [0.5, 0.6) is 0 Å². The third-order valence-corrected chi connectivity index (χ3v) is 2.77. The highest BCUT2D eigenvalue weighted by Gasteiger charge is 2.08. The van der Waals surface area contributed by atoms with E-state index in [0.29, 0.717) is 17.3 Å². The van der Waals surface area contributed by atoms with Crippen molar-refractivity contribution in [3.63, 3.8) is 0 Å². The van der Waals surface area contributed by atoms with E-state index in [9.17, 15) is 14.9 Å². The molecule has 2 aromatic rings. The molecule has 0 bridgehead atoms. The van der Waals surface area contributed by atoms with E-state index in [-0.39, 0.29) is 18.3 Å². The van der Waals surface area contributed by atoms with Gasteiger partial charge in [0.15, 0.2) is 0 Å². The molecule has 0 fully saturated rings. The van der Waals surface area contributed by atoms with Crippen LogP contribution in [0.3, 0.4) is 0 Å². The molecule has 8 nitrogen and oxygen atoms in total. The molecule has 110 valence electrons. The predicted molar refractivity (Wildman–Crippen MR) is 77.4 cm³/mol. The number of carbonyl (C=O) groups excluding carboxylic acids is 1. The van der Waals surface area contributed by atoms with E-state index in [1.807, 2.05) is 0 Å². The summed E-state index contributed by atoms with van der Waals surface area (Å²) >= 11 is 5.80. The summed E-state index contributed by atoms with van der Waals surface area (Å²) < 4.78 is 1.39. The summed E-state index contributed by atoms with van der Waals surface area (Å²) in [5.41, 5.74) is 0.494. The second-order valence-electron chi connectivity index (χ2n) is 4.11. The number of benzene rings is 1. The molecule has 0 spiro atoms. The van der Waals surface area contributed by atoms with Crippen LogP contribution in [0.2, 0.25) is 5.02 Å². The molecule has 9 heteroatoms. The summed E-state index contributed by atoms with van der Waals surface area (Å²) in [5.74, 6) is 0. The molecule has 1 aromatic carbocycles. The van der Waals surface area contributed by atoms with Crippen LogP contribution in [0.25, 0.3) is 0 Å². The van der Waals surface area contributed by atoms with Gasteiger partial charge < -0.3 is 10.6 Å². The molecule has 0 unspecified atom stereocenters. The first-order valence-corrected chi connectivity index (χ1v) is 6.39. The molecule has 0 aliphatic heterocycles. The monoisotopic (exact) mass is 309 g/mol. The van der Waals surface area contributed by atoms with Crippen molar-refractivity contribution < 1.29 is 9.72 Å². The molecule has 0 radical (unpaired) electrons. The fourth-order valence-corrected chi connectivity index (χ4v) is 1.79. The van der Waals surface area contributed by atoms with Gasteiger partial charge in [0.25, 0.3) is 0 Å². The Kier molecular flexibility index (Phi) is 4.72. The molecule has 0 saturated heterocycles. The average molecular weight is 310 g/mol. The SMILES string of the molecule is O=C(NCCn1cc([N+](=O)[O-])cn1)Nc1cccc(Cl)c1. The first-order chi connectivity index (χ1) is 10.0. The van der Waals surface area contributed by atoms with Gasteiger partial charge in [-0.3, -0.25) is 14.8 Å². The maximum atomic E-state index is 11.6. The Labute approximate surface area is 124 Å². The van der Waals surface area contributed by atoms with E-state index in [1.165, 1.54) is 10.9 Å². The standard InChI is InChI=1S/C12H12ClN5O3/c13-9-2-1-3-10(6-9)16-12(19)14-4-5-17-8-11(7-15-17)18(20)21/h1-3,6-8H,4-5H2,(H2,14,16,19). The van der Waals surface area contributed by atoms with Crippen molar-refractivity contribution in [3.8, 4) is 0 Å². The zero-order chi connectivity index (χ0) is 15.2. The Bertz CT molecular complexity index is 658. The lowest BCUT2D eigenvalue weighted by Crippen LogP contribution is -2.31. The van der Waals surface area contributed by atoms with Crippen LogP contribution in [0.15, 0.2) is 36.7 Å². The number of urea groups is 1. The summed E-state index contributed by atoms with van der Waals surface area (Å²) in [5, 5.41) is 20.1. The molecule has 2 N–H and O–H groups in total. The van der Waals surface area contributed by atoms with E-state index in [0.717, 1.165) is 6.20 Å². The van der Waals surface area contributed by atoms with Crippen molar-refractivity contribution >= 4 is 29.0 Å². The van der Waals surface area contributed by atoms with Gasteiger partial charge in [-0.25, -0.2) is 4.79 Å². The van der Waals surface area contributed by atoms with Gasteiger partial charge >= 0.3 is 11.7 Å². The van der Waals surface area contributed by atoms with Gasteiger partial charge in [0.1, 0.15) is 12.4 Å². The smallest absolute Gasteiger partial charge is 0.319 e. The minimum atomic E-state index is -0.525. The molecule has 0 atom stereocenters. The topological polar surface area (TPSA) is 102 Å². The number of anilines is 1. The van der Waals surface area contributed by atoms with Crippen LogP contribution in [0.1, 0.15) is 0 Å². The predicted octanol–water partition coefficient (Wildman–Crippen LogP) is 2.27. The molecular weight excluding hydrogens is 298 g/mol. The van der Waals surface area contributed by atoms with Crippen molar-refractivity contribution in [1.29, 1.82) is 0 Å². The summed E-state index contributed by atoms with van der Waals surface area (Å²) in [7, 11) is 0. The number of nitro groups is 1. The molecule has 0 saturated carbocycles. The van der Waals surface area contributed by atoms with E-state index >= 15 is 0 Å². The van der Waals surface area contributed by atoms with Crippen molar-refractivity contribution in [2.75, 3.05) is 11.9 Å². The highest BCUT2D eigenvalue weighted by Crippen LogP contribution is 2.14. The molecule has 0 aliphatic carbocycles. The third kappa shape index (κ3) is 4.46. The lowest BCUT2D eigenvalue weighted by molar-refractivity contribution is -0.385. The van der Waals surface area contributed by atoms with E-state index in [2.05, 4.69) is 15.7 Å². The van der Waals surface area contributed by atoms with Gasteiger partial charge in [-0.15, -0.1) is 0 Å².